The largest absolute Gasteiger partial charge is 0.352 e. The maximum absolute atomic E-state index is 11.3. The predicted molar refractivity (Wildman–Crippen MR) is 66.8 cm³/mol. The molecule has 1 fully saturated rings. The van der Waals surface area contributed by atoms with Crippen molar-refractivity contribution in [3.63, 3.8) is 0 Å². The van der Waals surface area contributed by atoms with E-state index < -0.39 is 0 Å². The third-order valence-corrected chi connectivity index (χ3v) is 2.90. The first-order valence-corrected chi connectivity index (χ1v) is 5.89. The molecule has 1 unspecified atom stereocenters. The van der Waals surface area contributed by atoms with Gasteiger partial charge in [-0.2, -0.15) is 0 Å². The summed E-state index contributed by atoms with van der Waals surface area (Å²) in [6.45, 7) is 2.34. The Morgan fingerprint density at radius 3 is 2.56 bits per heavy atom. The number of nitrogens with zero attached hydrogens (tertiary/aromatic N) is 2. The van der Waals surface area contributed by atoms with Crippen LogP contribution in [0.25, 0.3) is 0 Å². The lowest BCUT2D eigenvalue weighted by atomic mass is 10.1. The first-order chi connectivity index (χ1) is 8.60. The smallest absolute Gasteiger partial charge is 0.246 e. The number of nitrogens with one attached hydrogen (secondary N) is 1. The zero-order valence-electron chi connectivity index (χ0n) is 10.2. The van der Waals surface area contributed by atoms with Crippen LogP contribution in [0.2, 0.25) is 0 Å². The lowest BCUT2D eigenvalue weighted by Gasteiger charge is -2.27. The second-order valence-electron chi connectivity index (χ2n) is 4.28. The van der Waals surface area contributed by atoms with Crippen molar-refractivity contribution in [1.82, 2.24) is 10.3 Å². The number of rotatable bonds is 3. The molecular weight excluding hydrogens is 232 g/mol. The van der Waals surface area contributed by atoms with Crippen LogP contribution in [0.15, 0.2) is 18.3 Å². The molecule has 0 saturated carbocycles. The fourth-order valence-electron chi connectivity index (χ4n) is 1.83. The van der Waals surface area contributed by atoms with E-state index in [-0.39, 0.29) is 30.9 Å². The number of imide groups is 1. The van der Waals surface area contributed by atoms with E-state index in [4.69, 9.17) is 5.73 Å². The summed E-state index contributed by atoms with van der Waals surface area (Å²) in [4.78, 5) is 28.5. The summed E-state index contributed by atoms with van der Waals surface area (Å²) in [5.74, 6) is -0.582. The number of pyridine rings is 1. The summed E-state index contributed by atoms with van der Waals surface area (Å²) < 4.78 is 0. The third kappa shape index (κ3) is 2.65. The maximum atomic E-state index is 11.3. The molecule has 1 aromatic rings. The van der Waals surface area contributed by atoms with Crippen molar-refractivity contribution < 1.29 is 9.59 Å². The van der Waals surface area contributed by atoms with Crippen molar-refractivity contribution in [2.75, 3.05) is 18.0 Å². The summed E-state index contributed by atoms with van der Waals surface area (Å²) in [5.41, 5.74) is 7.44. The van der Waals surface area contributed by atoms with Gasteiger partial charge in [-0.1, -0.05) is 6.92 Å². The number of carbonyl (C=O) groups is 2. The molecule has 0 radical (unpaired) electrons. The Hall–Kier alpha value is -1.95. The van der Waals surface area contributed by atoms with Gasteiger partial charge in [-0.15, -0.1) is 0 Å². The average molecular weight is 248 g/mol. The highest BCUT2D eigenvalue weighted by molar-refractivity contribution is 6.02. The second kappa shape index (κ2) is 5.14. The van der Waals surface area contributed by atoms with Crippen LogP contribution in [-0.2, 0) is 9.59 Å². The van der Waals surface area contributed by atoms with Crippen molar-refractivity contribution in [3.05, 3.63) is 24.0 Å². The van der Waals surface area contributed by atoms with E-state index in [1.165, 1.54) is 0 Å². The van der Waals surface area contributed by atoms with E-state index in [1.807, 2.05) is 19.1 Å². The van der Waals surface area contributed by atoms with Gasteiger partial charge in [-0.05, 0) is 18.6 Å². The molecule has 0 aromatic carbocycles. The van der Waals surface area contributed by atoms with Crippen LogP contribution < -0.4 is 16.0 Å². The van der Waals surface area contributed by atoms with Crippen LogP contribution in [0.5, 0.6) is 0 Å². The van der Waals surface area contributed by atoms with Gasteiger partial charge in [0.2, 0.25) is 11.8 Å². The third-order valence-electron chi connectivity index (χ3n) is 2.90. The number of carbonyl (C=O) groups excluding carboxylic acids is 2. The lowest BCUT2D eigenvalue weighted by Crippen LogP contribution is -2.51. The Labute approximate surface area is 105 Å². The minimum absolute atomic E-state index is 0.0784. The molecule has 6 nitrogen and oxygen atoms in total. The van der Waals surface area contributed by atoms with Crippen LogP contribution in [0.3, 0.4) is 0 Å². The summed E-state index contributed by atoms with van der Waals surface area (Å²) >= 11 is 0. The molecular formula is C12H16N4O2. The zero-order valence-corrected chi connectivity index (χ0v) is 10.2. The summed E-state index contributed by atoms with van der Waals surface area (Å²) in [5, 5.41) is 2.26. The van der Waals surface area contributed by atoms with Crippen LogP contribution in [0.1, 0.15) is 25.1 Å². The molecule has 3 N–H and O–H groups in total. The Morgan fingerprint density at radius 2 is 2.06 bits per heavy atom. The molecule has 1 aromatic heterocycles. The molecule has 1 aliphatic rings. The molecule has 2 rings (SSSR count). The van der Waals surface area contributed by atoms with E-state index in [2.05, 4.69) is 10.3 Å². The van der Waals surface area contributed by atoms with E-state index in [1.54, 1.807) is 11.1 Å². The van der Waals surface area contributed by atoms with Gasteiger partial charge < -0.3 is 10.6 Å². The van der Waals surface area contributed by atoms with Crippen molar-refractivity contribution >= 4 is 17.5 Å². The van der Waals surface area contributed by atoms with Crippen molar-refractivity contribution in [3.8, 4) is 0 Å². The van der Waals surface area contributed by atoms with E-state index in [9.17, 15) is 9.59 Å². The lowest BCUT2D eigenvalue weighted by molar-refractivity contribution is -0.130. The van der Waals surface area contributed by atoms with E-state index in [0.29, 0.717) is 0 Å². The quantitative estimate of drug-likeness (QED) is 0.732. The van der Waals surface area contributed by atoms with E-state index in [0.717, 1.165) is 17.8 Å². The number of nitrogens with two attached hydrogens (primary N) is 1. The van der Waals surface area contributed by atoms with Gasteiger partial charge in [0.1, 0.15) is 0 Å². The Balaban J connectivity index is 2.14. The van der Waals surface area contributed by atoms with Gasteiger partial charge in [0.05, 0.1) is 30.7 Å². The molecule has 6 heteroatoms. The summed E-state index contributed by atoms with van der Waals surface area (Å²) in [6.07, 6.45) is 2.47. The molecule has 1 aliphatic heterocycles. The molecule has 0 spiro atoms. The molecule has 2 amide bonds. The van der Waals surface area contributed by atoms with Crippen LogP contribution in [0, 0.1) is 0 Å². The minimum Gasteiger partial charge on any atom is -0.352 e. The SMILES string of the molecule is CCC(N)c1ccc(N2CC(=O)NC(=O)C2)cn1. The fraction of sp³-hybridized carbons (Fsp3) is 0.417. The summed E-state index contributed by atoms with van der Waals surface area (Å²) in [7, 11) is 0. The molecule has 0 bridgehead atoms. The van der Waals surface area contributed by atoms with Gasteiger partial charge >= 0.3 is 0 Å². The number of piperazine rings is 1. The number of aromatic nitrogens is 1. The van der Waals surface area contributed by atoms with Gasteiger partial charge in [0, 0.05) is 6.04 Å². The summed E-state index contributed by atoms with van der Waals surface area (Å²) in [6, 6.07) is 3.59. The van der Waals surface area contributed by atoms with E-state index >= 15 is 0 Å². The van der Waals surface area contributed by atoms with Gasteiger partial charge in [0.15, 0.2) is 0 Å². The first-order valence-electron chi connectivity index (χ1n) is 5.89. The highest BCUT2D eigenvalue weighted by Gasteiger charge is 2.22. The second-order valence-corrected chi connectivity index (χ2v) is 4.28. The zero-order chi connectivity index (χ0) is 13.1. The van der Waals surface area contributed by atoms with Gasteiger partial charge in [-0.3, -0.25) is 19.9 Å². The van der Waals surface area contributed by atoms with Crippen molar-refractivity contribution in [2.24, 2.45) is 5.73 Å². The molecule has 2 heterocycles. The monoisotopic (exact) mass is 248 g/mol. The van der Waals surface area contributed by atoms with Gasteiger partial charge in [-0.25, -0.2) is 0 Å². The normalized spacial score (nSPS) is 17.6. The van der Waals surface area contributed by atoms with Crippen molar-refractivity contribution in [2.45, 2.75) is 19.4 Å². The van der Waals surface area contributed by atoms with Crippen LogP contribution in [-0.4, -0.2) is 29.9 Å². The Kier molecular flexibility index (Phi) is 3.57. The Morgan fingerprint density at radius 1 is 1.39 bits per heavy atom. The standard InChI is InChI=1S/C12H16N4O2/c1-2-9(13)10-4-3-8(5-14-10)16-6-11(17)15-12(18)7-16/h3-5,9H,2,6-7,13H2,1H3,(H,15,17,18). The number of amides is 2. The van der Waals surface area contributed by atoms with Gasteiger partial charge in [0.25, 0.3) is 0 Å². The van der Waals surface area contributed by atoms with Crippen LogP contribution >= 0.6 is 0 Å². The van der Waals surface area contributed by atoms with Crippen LogP contribution in [0.4, 0.5) is 5.69 Å². The topological polar surface area (TPSA) is 88.3 Å². The molecule has 1 atom stereocenters. The molecule has 0 aliphatic carbocycles. The first kappa shape index (κ1) is 12.5. The molecule has 18 heavy (non-hydrogen) atoms. The molecule has 96 valence electrons. The number of hydrogen-bond acceptors (Lipinski definition) is 5. The highest BCUT2D eigenvalue weighted by Crippen LogP contribution is 2.17. The minimum atomic E-state index is -0.291. The predicted octanol–water partition coefficient (Wildman–Crippen LogP) is -0.0458. The average Bonchev–Trinajstić information content (AvgIpc) is 2.37. The highest BCUT2D eigenvalue weighted by atomic mass is 16.2. The maximum Gasteiger partial charge on any atom is 0.246 e. The molecule has 1 saturated heterocycles. The Bertz CT molecular complexity index is 442. The number of anilines is 1. The number of hydrogen-bond donors (Lipinski definition) is 2. The fourth-order valence-corrected chi connectivity index (χ4v) is 1.83. The van der Waals surface area contributed by atoms with Crippen molar-refractivity contribution in [1.29, 1.82) is 0 Å².